The van der Waals surface area contributed by atoms with Crippen molar-refractivity contribution in [3.05, 3.63) is 113 Å². The van der Waals surface area contributed by atoms with Gasteiger partial charge in [-0.05, 0) is 64.4 Å². The second kappa shape index (κ2) is 9.63. The van der Waals surface area contributed by atoms with Gasteiger partial charge in [-0.3, -0.25) is 4.68 Å². The van der Waals surface area contributed by atoms with Crippen LogP contribution in [-0.4, -0.2) is 27.4 Å². The highest BCUT2D eigenvalue weighted by molar-refractivity contribution is 5.85. The van der Waals surface area contributed by atoms with Gasteiger partial charge in [0.2, 0.25) is 0 Å². The second-order valence-corrected chi connectivity index (χ2v) is 9.02. The third kappa shape index (κ3) is 4.76. The van der Waals surface area contributed by atoms with E-state index in [0.29, 0.717) is 0 Å². The molecule has 0 fully saturated rings. The van der Waals surface area contributed by atoms with E-state index < -0.39 is 5.97 Å². The predicted molar refractivity (Wildman–Crippen MR) is 140 cm³/mol. The lowest BCUT2D eigenvalue weighted by molar-refractivity contribution is -0.131. The van der Waals surface area contributed by atoms with E-state index in [1.807, 2.05) is 36.3 Å². The number of carboxylic acid groups (broad SMARTS) is 1. The lowest BCUT2D eigenvalue weighted by Gasteiger charge is -2.40. The van der Waals surface area contributed by atoms with Gasteiger partial charge in [-0.25, -0.2) is 4.79 Å². The first-order valence-electron chi connectivity index (χ1n) is 12.0. The Kier molecular flexibility index (Phi) is 6.23. The molecule has 0 bridgehead atoms. The van der Waals surface area contributed by atoms with Crippen molar-refractivity contribution in [2.75, 3.05) is 11.4 Å². The maximum Gasteiger partial charge on any atom is 0.328 e. The summed E-state index contributed by atoms with van der Waals surface area (Å²) in [4.78, 5) is 13.4. The summed E-state index contributed by atoms with van der Waals surface area (Å²) in [5.41, 5.74) is 9.57. The van der Waals surface area contributed by atoms with Crippen LogP contribution >= 0.6 is 0 Å². The fourth-order valence-corrected chi connectivity index (χ4v) is 4.89. The lowest BCUT2D eigenvalue weighted by atomic mass is 9.86. The van der Waals surface area contributed by atoms with Crippen LogP contribution in [0.2, 0.25) is 0 Å². The van der Waals surface area contributed by atoms with Gasteiger partial charge in [0.15, 0.2) is 0 Å². The Labute approximate surface area is 206 Å². The molecule has 35 heavy (non-hydrogen) atoms. The largest absolute Gasteiger partial charge is 0.478 e. The van der Waals surface area contributed by atoms with Crippen molar-refractivity contribution in [2.45, 2.75) is 25.8 Å². The molecule has 5 rings (SSSR count). The summed E-state index contributed by atoms with van der Waals surface area (Å²) in [6.45, 7) is 3.09. The Morgan fingerprint density at radius 1 is 1.06 bits per heavy atom. The Hall–Kier alpha value is -4.12. The molecule has 5 heteroatoms. The normalized spacial score (nSPS) is 15.4. The Morgan fingerprint density at radius 2 is 1.83 bits per heavy atom. The number of anilines is 1. The Morgan fingerprint density at radius 3 is 2.49 bits per heavy atom. The third-order valence-electron chi connectivity index (χ3n) is 6.76. The number of carboxylic acids is 1. The molecule has 0 spiro atoms. The molecule has 0 amide bonds. The molecule has 0 radical (unpaired) electrons. The quantitative estimate of drug-likeness (QED) is 0.362. The van der Waals surface area contributed by atoms with E-state index in [4.69, 9.17) is 5.11 Å². The zero-order valence-corrected chi connectivity index (χ0v) is 20.1. The molecule has 4 aromatic rings. The zero-order valence-electron chi connectivity index (χ0n) is 20.1. The van der Waals surface area contributed by atoms with Crippen LogP contribution < -0.4 is 4.90 Å². The molecule has 0 aliphatic carbocycles. The Bertz CT molecular complexity index is 1370. The topological polar surface area (TPSA) is 58.4 Å². The van der Waals surface area contributed by atoms with Gasteiger partial charge < -0.3 is 10.0 Å². The SMILES string of the molecule is CCc1ccc(N2CCc3cc(-c4cnn(C)c4)ccc3C2c2ccc(C=CC(=O)O)cc2)cc1. The number of carbonyl (C=O) groups is 1. The summed E-state index contributed by atoms with van der Waals surface area (Å²) >= 11 is 0. The van der Waals surface area contributed by atoms with Crippen molar-refractivity contribution < 1.29 is 9.90 Å². The fourth-order valence-electron chi connectivity index (χ4n) is 4.89. The summed E-state index contributed by atoms with van der Waals surface area (Å²) in [6, 6.07) is 23.9. The van der Waals surface area contributed by atoms with Gasteiger partial charge in [-0.2, -0.15) is 5.10 Å². The van der Waals surface area contributed by atoms with E-state index in [2.05, 4.69) is 71.5 Å². The van der Waals surface area contributed by atoms with E-state index in [9.17, 15) is 4.79 Å². The van der Waals surface area contributed by atoms with E-state index in [-0.39, 0.29) is 6.04 Å². The molecule has 1 unspecified atom stereocenters. The molecule has 176 valence electrons. The van der Waals surface area contributed by atoms with Crippen LogP contribution in [-0.2, 0) is 24.7 Å². The lowest BCUT2D eigenvalue weighted by Crippen LogP contribution is -2.36. The number of nitrogens with zero attached hydrogens (tertiary/aromatic N) is 3. The van der Waals surface area contributed by atoms with E-state index in [0.717, 1.165) is 30.5 Å². The Balaban J connectivity index is 1.56. The number of hydrogen-bond donors (Lipinski definition) is 1. The van der Waals surface area contributed by atoms with Gasteiger partial charge in [0.25, 0.3) is 0 Å². The van der Waals surface area contributed by atoms with Gasteiger partial charge in [-0.15, -0.1) is 0 Å². The molecule has 3 aromatic carbocycles. The van der Waals surface area contributed by atoms with Crippen LogP contribution in [0.1, 0.15) is 40.8 Å². The number of aliphatic carboxylic acids is 1. The highest BCUT2D eigenvalue weighted by atomic mass is 16.4. The predicted octanol–water partition coefficient (Wildman–Crippen LogP) is 5.90. The van der Waals surface area contributed by atoms with Gasteiger partial charge in [0, 0.05) is 37.1 Å². The molecule has 1 atom stereocenters. The summed E-state index contributed by atoms with van der Waals surface area (Å²) in [5.74, 6) is -0.943. The van der Waals surface area contributed by atoms with Gasteiger partial charge in [-0.1, -0.05) is 61.5 Å². The summed E-state index contributed by atoms with van der Waals surface area (Å²) in [5, 5.41) is 13.3. The first-order valence-corrected chi connectivity index (χ1v) is 12.0. The third-order valence-corrected chi connectivity index (χ3v) is 6.76. The van der Waals surface area contributed by atoms with Crippen LogP contribution in [0.5, 0.6) is 0 Å². The van der Waals surface area contributed by atoms with Gasteiger partial charge in [0.1, 0.15) is 0 Å². The summed E-state index contributed by atoms with van der Waals surface area (Å²) in [7, 11) is 1.94. The van der Waals surface area contributed by atoms with E-state index in [1.165, 1.54) is 39.6 Å². The number of fused-ring (bicyclic) bond motifs is 1. The maximum atomic E-state index is 10.9. The molecule has 2 heterocycles. The number of aryl methyl sites for hydroxylation is 2. The number of rotatable bonds is 6. The molecular formula is C30H29N3O2. The molecule has 1 N–H and O–H groups in total. The highest BCUT2D eigenvalue weighted by Gasteiger charge is 2.29. The maximum absolute atomic E-state index is 10.9. The smallest absolute Gasteiger partial charge is 0.328 e. The minimum absolute atomic E-state index is 0.0756. The minimum atomic E-state index is -0.943. The van der Waals surface area contributed by atoms with Crippen LogP contribution in [0, 0.1) is 0 Å². The van der Waals surface area contributed by atoms with Crippen molar-refractivity contribution in [1.82, 2.24) is 9.78 Å². The number of benzene rings is 3. The molecule has 0 saturated carbocycles. The molecule has 1 aliphatic heterocycles. The monoisotopic (exact) mass is 463 g/mol. The fraction of sp³-hybridized carbons (Fsp3) is 0.200. The van der Waals surface area contributed by atoms with Gasteiger partial charge in [0.05, 0.1) is 12.2 Å². The molecule has 0 saturated heterocycles. The van der Waals surface area contributed by atoms with Crippen molar-refractivity contribution >= 4 is 17.7 Å². The van der Waals surface area contributed by atoms with Crippen LogP contribution in [0.4, 0.5) is 5.69 Å². The summed E-state index contributed by atoms with van der Waals surface area (Å²) < 4.78 is 1.83. The summed E-state index contributed by atoms with van der Waals surface area (Å²) in [6.07, 6.45) is 8.75. The van der Waals surface area contributed by atoms with Crippen LogP contribution in [0.3, 0.4) is 0 Å². The highest BCUT2D eigenvalue weighted by Crippen LogP contribution is 2.40. The van der Waals surface area contributed by atoms with Crippen LogP contribution in [0.25, 0.3) is 17.2 Å². The average molecular weight is 464 g/mol. The molecular weight excluding hydrogens is 434 g/mol. The number of hydrogen-bond acceptors (Lipinski definition) is 3. The molecule has 1 aromatic heterocycles. The van der Waals surface area contributed by atoms with Crippen molar-refractivity contribution in [2.24, 2.45) is 7.05 Å². The first kappa shape index (κ1) is 22.7. The zero-order chi connectivity index (χ0) is 24.4. The standard InChI is InChI=1S/C30H29N3O2/c1-3-21-6-12-27(13-7-21)33-17-16-25-18-24(26-19-31-32(2)20-26)11-14-28(25)30(33)23-9-4-22(5-10-23)8-15-29(34)35/h4-15,18-20,30H,3,16-17H2,1-2H3,(H,34,35). The van der Waals surface area contributed by atoms with E-state index >= 15 is 0 Å². The van der Waals surface area contributed by atoms with Gasteiger partial charge >= 0.3 is 5.97 Å². The second-order valence-electron chi connectivity index (χ2n) is 9.02. The first-order chi connectivity index (χ1) is 17.0. The number of aromatic nitrogens is 2. The molecule has 1 aliphatic rings. The van der Waals surface area contributed by atoms with Crippen LogP contribution in [0.15, 0.2) is 85.2 Å². The van der Waals surface area contributed by atoms with Crippen molar-refractivity contribution in [3.8, 4) is 11.1 Å². The van der Waals surface area contributed by atoms with Crippen molar-refractivity contribution in [1.29, 1.82) is 0 Å². The van der Waals surface area contributed by atoms with E-state index in [1.54, 1.807) is 6.08 Å². The molecule has 5 nitrogen and oxygen atoms in total. The average Bonchev–Trinajstić information content (AvgIpc) is 3.33. The van der Waals surface area contributed by atoms with Crippen molar-refractivity contribution in [3.63, 3.8) is 0 Å². The minimum Gasteiger partial charge on any atom is -0.478 e.